The molecule has 1 saturated heterocycles. The van der Waals surface area contributed by atoms with Gasteiger partial charge in [0, 0.05) is 7.05 Å². The minimum absolute atomic E-state index is 0.243. The lowest BCUT2D eigenvalue weighted by atomic mass is 9.78. The fourth-order valence-electron chi connectivity index (χ4n) is 2.86. The Morgan fingerprint density at radius 2 is 2.07 bits per heavy atom. The van der Waals surface area contributed by atoms with Crippen LogP contribution in [0.4, 0.5) is 0 Å². The van der Waals surface area contributed by atoms with Gasteiger partial charge >= 0.3 is 0 Å². The highest BCUT2D eigenvalue weighted by molar-refractivity contribution is 5.80. The monoisotopic (exact) mass is 196 g/mol. The van der Waals surface area contributed by atoms with Crippen LogP contribution in [0.25, 0.3) is 0 Å². The van der Waals surface area contributed by atoms with Gasteiger partial charge in [-0.1, -0.05) is 26.2 Å². The molecule has 0 spiro atoms. The quantitative estimate of drug-likeness (QED) is 0.683. The molecule has 0 aromatic rings. The number of amides is 1. The van der Waals surface area contributed by atoms with Gasteiger partial charge in [-0.15, -0.1) is 0 Å². The fraction of sp³-hybridized carbons (Fsp3) is 0.909. The Labute approximate surface area is 85.8 Å². The van der Waals surface area contributed by atoms with Crippen LogP contribution < -0.4 is 5.32 Å². The number of carbonyl (C=O) groups excluding carboxylic acids is 1. The number of likely N-dealkylation sites (N-methyl/N-ethyl adjacent to an activating group) is 1. The molecule has 1 heterocycles. The smallest absolute Gasteiger partial charge is 0.237 e. The standard InChI is InChI=1S/C11H20N2O/c1-8-5-3-4-6-9(8)11-12-7-10(14)13(11)2/h8-9,11-12H,3-7H2,1-2H3. The van der Waals surface area contributed by atoms with Crippen molar-refractivity contribution in [3.63, 3.8) is 0 Å². The second kappa shape index (κ2) is 3.89. The van der Waals surface area contributed by atoms with E-state index in [2.05, 4.69) is 12.2 Å². The summed E-state index contributed by atoms with van der Waals surface area (Å²) in [7, 11) is 1.92. The molecule has 3 atom stereocenters. The zero-order valence-electron chi connectivity index (χ0n) is 9.12. The number of rotatable bonds is 1. The molecule has 14 heavy (non-hydrogen) atoms. The van der Waals surface area contributed by atoms with Crippen LogP contribution in [-0.4, -0.2) is 30.6 Å². The Kier molecular flexibility index (Phi) is 2.77. The molecule has 1 saturated carbocycles. The Balaban J connectivity index is 2.03. The number of carbonyl (C=O) groups is 1. The highest BCUT2D eigenvalue weighted by atomic mass is 16.2. The molecule has 1 amide bonds. The molecule has 0 radical (unpaired) electrons. The Morgan fingerprint density at radius 3 is 2.64 bits per heavy atom. The van der Waals surface area contributed by atoms with Crippen molar-refractivity contribution in [1.29, 1.82) is 0 Å². The van der Waals surface area contributed by atoms with Crippen molar-refractivity contribution in [1.82, 2.24) is 10.2 Å². The van der Waals surface area contributed by atoms with E-state index in [-0.39, 0.29) is 5.91 Å². The molecule has 0 bridgehead atoms. The van der Waals surface area contributed by atoms with Gasteiger partial charge in [-0.3, -0.25) is 10.1 Å². The minimum atomic E-state index is 0.243. The predicted molar refractivity (Wildman–Crippen MR) is 55.7 cm³/mol. The van der Waals surface area contributed by atoms with E-state index in [0.717, 1.165) is 5.92 Å². The zero-order valence-corrected chi connectivity index (χ0v) is 9.12. The maximum atomic E-state index is 11.4. The maximum Gasteiger partial charge on any atom is 0.237 e. The van der Waals surface area contributed by atoms with E-state index < -0.39 is 0 Å². The van der Waals surface area contributed by atoms with Gasteiger partial charge in [-0.05, 0) is 18.3 Å². The summed E-state index contributed by atoms with van der Waals surface area (Å²) in [6.45, 7) is 2.85. The summed E-state index contributed by atoms with van der Waals surface area (Å²) in [4.78, 5) is 13.3. The minimum Gasteiger partial charge on any atom is -0.329 e. The van der Waals surface area contributed by atoms with Gasteiger partial charge in [0.2, 0.25) is 5.91 Å². The second-order valence-electron chi connectivity index (χ2n) is 4.76. The van der Waals surface area contributed by atoms with Crippen LogP contribution >= 0.6 is 0 Å². The summed E-state index contributed by atoms with van der Waals surface area (Å²) in [5.74, 6) is 1.67. The van der Waals surface area contributed by atoms with E-state index in [9.17, 15) is 4.79 Å². The highest BCUT2D eigenvalue weighted by Crippen LogP contribution is 2.33. The predicted octanol–water partition coefficient (Wildman–Crippen LogP) is 1.20. The molecule has 3 heteroatoms. The van der Waals surface area contributed by atoms with E-state index in [1.807, 2.05) is 11.9 Å². The molecule has 1 aliphatic heterocycles. The third-order valence-electron chi connectivity index (χ3n) is 3.86. The Morgan fingerprint density at radius 1 is 1.36 bits per heavy atom. The van der Waals surface area contributed by atoms with Crippen LogP contribution in [0.3, 0.4) is 0 Å². The summed E-state index contributed by atoms with van der Waals surface area (Å²) in [6.07, 6.45) is 5.59. The van der Waals surface area contributed by atoms with Gasteiger partial charge < -0.3 is 4.90 Å². The van der Waals surface area contributed by atoms with E-state index in [0.29, 0.717) is 18.6 Å². The van der Waals surface area contributed by atoms with Gasteiger partial charge in [0.05, 0.1) is 12.7 Å². The molecular weight excluding hydrogens is 176 g/mol. The van der Waals surface area contributed by atoms with Crippen molar-refractivity contribution in [2.45, 2.75) is 38.8 Å². The second-order valence-corrected chi connectivity index (χ2v) is 4.76. The van der Waals surface area contributed by atoms with Crippen LogP contribution in [0.2, 0.25) is 0 Å². The zero-order chi connectivity index (χ0) is 10.1. The molecule has 1 N–H and O–H groups in total. The number of hydrogen-bond donors (Lipinski definition) is 1. The lowest BCUT2D eigenvalue weighted by Crippen LogP contribution is -2.44. The summed E-state index contributed by atoms with van der Waals surface area (Å²) < 4.78 is 0. The number of hydrogen-bond acceptors (Lipinski definition) is 2. The number of nitrogens with zero attached hydrogens (tertiary/aromatic N) is 1. The normalized spacial score (nSPS) is 39.1. The summed E-state index contributed by atoms with van der Waals surface area (Å²) >= 11 is 0. The average molecular weight is 196 g/mol. The first kappa shape index (κ1) is 9.97. The number of nitrogens with one attached hydrogen (secondary N) is 1. The van der Waals surface area contributed by atoms with Gasteiger partial charge in [0.15, 0.2) is 0 Å². The van der Waals surface area contributed by atoms with E-state index in [4.69, 9.17) is 0 Å². The lowest BCUT2D eigenvalue weighted by molar-refractivity contribution is -0.127. The molecule has 1 aliphatic carbocycles. The van der Waals surface area contributed by atoms with Crippen LogP contribution in [0.5, 0.6) is 0 Å². The molecule has 80 valence electrons. The van der Waals surface area contributed by atoms with Crippen LogP contribution in [0.15, 0.2) is 0 Å². The molecule has 2 fully saturated rings. The molecule has 0 aromatic carbocycles. The van der Waals surface area contributed by atoms with Crippen LogP contribution in [0.1, 0.15) is 32.6 Å². The van der Waals surface area contributed by atoms with E-state index in [1.165, 1.54) is 25.7 Å². The van der Waals surface area contributed by atoms with Crippen molar-refractivity contribution in [3.05, 3.63) is 0 Å². The highest BCUT2D eigenvalue weighted by Gasteiger charge is 2.36. The first-order valence-electron chi connectivity index (χ1n) is 5.69. The molecule has 2 rings (SSSR count). The average Bonchev–Trinajstić information content (AvgIpc) is 2.49. The Bertz CT molecular complexity index is 229. The van der Waals surface area contributed by atoms with Crippen molar-refractivity contribution in [3.8, 4) is 0 Å². The SMILES string of the molecule is CC1CCCCC1C1NCC(=O)N1C. The first-order valence-corrected chi connectivity index (χ1v) is 5.69. The molecule has 3 nitrogen and oxygen atoms in total. The third-order valence-corrected chi connectivity index (χ3v) is 3.86. The van der Waals surface area contributed by atoms with Gasteiger partial charge in [0.1, 0.15) is 0 Å². The van der Waals surface area contributed by atoms with Crippen molar-refractivity contribution >= 4 is 5.91 Å². The maximum absolute atomic E-state index is 11.4. The summed E-state index contributed by atoms with van der Waals surface area (Å²) in [5.41, 5.74) is 0. The fourth-order valence-corrected chi connectivity index (χ4v) is 2.86. The van der Waals surface area contributed by atoms with E-state index in [1.54, 1.807) is 0 Å². The summed E-state index contributed by atoms with van der Waals surface area (Å²) in [5, 5.41) is 3.33. The third kappa shape index (κ3) is 1.65. The molecule has 3 unspecified atom stereocenters. The van der Waals surface area contributed by atoms with Gasteiger partial charge in [-0.25, -0.2) is 0 Å². The van der Waals surface area contributed by atoms with Gasteiger partial charge in [-0.2, -0.15) is 0 Å². The molecule has 2 aliphatic rings. The lowest BCUT2D eigenvalue weighted by Gasteiger charge is -2.36. The summed E-state index contributed by atoms with van der Waals surface area (Å²) in [6, 6.07) is 0. The van der Waals surface area contributed by atoms with Crippen LogP contribution in [0, 0.1) is 11.8 Å². The van der Waals surface area contributed by atoms with Gasteiger partial charge in [0.25, 0.3) is 0 Å². The van der Waals surface area contributed by atoms with Crippen molar-refractivity contribution < 1.29 is 4.79 Å². The van der Waals surface area contributed by atoms with E-state index >= 15 is 0 Å². The van der Waals surface area contributed by atoms with Crippen molar-refractivity contribution in [2.24, 2.45) is 11.8 Å². The largest absolute Gasteiger partial charge is 0.329 e. The van der Waals surface area contributed by atoms with Crippen LogP contribution in [-0.2, 0) is 4.79 Å². The van der Waals surface area contributed by atoms with Crippen molar-refractivity contribution in [2.75, 3.05) is 13.6 Å². The topological polar surface area (TPSA) is 32.3 Å². The molecular formula is C11H20N2O. The Hall–Kier alpha value is -0.570. The molecule has 0 aromatic heterocycles. The first-order chi connectivity index (χ1) is 6.70.